The zero-order chi connectivity index (χ0) is 18.6. The van der Waals surface area contributed by atoms with Crippen LogP contribution in [0.5, 0.6) is 5.75 Å². The van der Waals surface area contributed by atoms with E-state index in [-0.39, 0.29) is 12.2 Å². The molecule has 134 valence electrons. The third kappa shape index (κ3) is 5.75. The minimum absolute atomic E-state index is 0.0939. The van der Waals surface area contributed by atoms with Gasteiger partial charge in [-0.1, -0.05) is 0 Å². The van der Waals surface area contributed by atoms with Crippen LogP contribution >= 0.6 is 11.3 Å². The van der Waals surface area contributed by atoms with Gasteiger partial charge in [-0.2, -0.15) is 0 Å². The number of carbonyl (C=O) groups excluding carboxylic acids is 1. The van der Waals surface area contributed by atoms with Crippen molar-refractivity contribution in [2.24, 2.45) is 0 Å². The van der Waals surface area contributed by atoms with Crippen molar-refractivity contribution >= 4 is 23.2 Å². The lowest BCUT2D eigenvalue weighted by atomic mass is 10.2. The first kappa shape index (κ1) is 18.7. The number of carboxylic acid groups (broad SMARTS) is 1. The van der Waals surface area contributed by atoms with E-state index < -0.39 is 24.3 Å². The van der Waals surface area contributed by atoms with Gasteiger partial charge in [0.2, 0.25) is 5.91 Å². The average molecular weight is 374 g/mol. The van der Waals surface area contributed by atoms with E-state index in [1.165, 1.54) is 42.5 Å². The quantitative estimate of drug-likeness (QED) is 0.812. The molecule has 0 saturated heterocycles. The van der Waals surface area contributed by atoms with Gasteiger partial charge < -0.3 is 15.2 Å². The Hall–Kier alpha value is -2.62. The summed E-state index contributed by atoms with van der Waals surface area (Å²) in [5, 5.41) is 13.2. The van der Waals surface area contributed by atoms with E-state index >= 15 is 0 Å². The lowest BCUT2D eigenvalue weighted by Gasteiger charge is -2.08. The predicted octanol–water partition coefficient (Wildman–Crippen LogP) is 2.84. The number of nitrogens with one attached hydrogen (secondary N) is 1. The Labute approximate surface area is 144 Å². The summed E-state index contributed by atoms with van der Waals surface area (Å²) in [5.41, 5.74) is 1.01. The minimum atomic E-state index is -4.75. The molecule has 25 heavy (non-hydrogen) atoms. The van der Waals surface area contributed by atoms with Crippen LogP contribution in [0.2, 0.25) is 0 Å². The van der Waals surface area contributed by atoms with E-state index in [1.807, 2.05) is 0 Å². The van der Waals surface area contributed by atoms with Crippen molar-refractivity contribution in [3.63, 3.8) is 0 Å². The lowest BCUT2D eigenvalue weighted by molar-refractivity contribution is -0.274. The molecule has 0 fully saturated rings. The van der Waals surface area contributed by atoms with Gasteiger partial charge in [-0.25, -0.2) is 4.98 Å². The highest BCUT2D eigenvalue weighted by Crippen LogP contribution is 2.28. The Morgan fingerprint density at radius 2 is 1.96 bits per heavy atom. The predicted molar refractivity (Wildman–Crippen MR) is 83.2 cm³/mol. The minimum Gasteiger partial charge on any atom is -0.480 e. The molecule has 6 nitrogen and oxygen atoms in total. The fraction of sp³-hybridized carbons (Fsp3) is 0.267. The van der Waals surface area contributed by atoms with Gasteiger partial charge in [-0.3, -0.25) is 9.59 Å². The van der Waals surface area contributed by atoms with E-state index in [0.29, 0.717) is 16.3 Å². The number of carboxylic acids is 1. The monoisotopic (exact) mass is 374 g/mol. The van der Waals surface area contributed by atoms with Gasteiger partial charge in [0, 0.05) is 10.9 Å². The van der Waals surface area contributed by atoms with E-state index in [9.17, 15) is 22.8 Å². The maximum Gasteiger partial charge on any atom is 0.573 e. The molecule has 1 atom stereocenters. The molecule has 0 aliphatic rings. The van der Waals surface area contributed by atoms with Crippen molar-refractivity contribution in [1.29, 1.82) is 0 Å². The van der Waals surface area contributed by atoms with Gasteiger partial charge >= 0.3 is 12.3 Å². The number of rotatable bonds is 6. The molecule has 0 aliphatic carbocycles. The Balaban J connectivity index is 2.01. The molecule has 0 aliphatic heterocycles. The third-order valence-corrected chi connectivity index (χ3v) is 3.92. The molecule has 1 aromatic heterocycles. The number of alkyl halides is 3. The third-order valence-electron chi connectivity index (χ3n) is 2.98. The van der Waals surface area contributed by atoms with Crippen LogP contribution < -0.4 is 10.1 Å². The lowest BCUT2D eigenvalue weighted by Crippen LogP contribution is -2.39. The molecule has 0 radical (unpaired) electrons. The summed E-state index contributed by atoms with van der Waals surface area (Å²) in [6.45, 7) is 1.34. The smallest absolute Gasteiger partial charge is 0.480 e. The standard InChI is InChI=1S/C15H13F3N2O4S/c1-8(14(22)23)19-12(21)6-10-7-25-13(20-10)9-2-4-11(5-3-9)24-15(16,17)18/h2-5,7-8H,6H2,1H3,(H,19,21)(H,22,23). The molecule has 2 aromatic rings. The molecule has 1 unspecified atom stereocenters. The summed E-state index contributed by atoms with van der Waals surface area (Å²) in [6.07, 6.45) is -4.85. The number of carbonyl (C=O) groups is 2. The average Bonchev–Trinajstić information content (AvgIpc) is 2.94. The van der Waals surface area contributed by atoms with Crippen LogP contribution in [0.25, 0.3) is 10.6 Å². The maximum absolute atomic E-state index is 12.1. The van der Waals surface area contributed by atoms with Crippen molar-refractivity contribution in [2.45, 2.75) is 25.7 Å². The fourth-order valence-electron chi connectivity index (χ4n) is 1.84. The molecular weight excluding hydrogens is 361 g/mol. The highest BCUT2D eigenvalue weighted by atomic mass is 32.1. The maximum atomic E-state index is 12.1. The molecule has 10 heteroatoms. The van der Waals surface area contributed by atoms with Crippen molar-refractivity contribution in [3.05, 3.63) is 35.3 Å². The normalized spacial score (nSPS) is 12.5. The van der Waals surface area contributed by atoms with Crippen LogP contribution in [-0.4, -0.2) is 34.4 Å². The van der Waals surface area contributed by atoms with E-state index in [4.69, 9.17) is 5.11 Å². The van der Waals surface area contributed by atoms with Crippen molar-refractivity contribution in [1.82, 2.24) is 10.3 Å². The van der Waals surface area contributed by atoms with Gasteiger partial charge in [0.15, 0.2) is 0 Å². The summed E-state index contributed by atoms with van der Waals surface area (Å²) in [4.78, 5) is 26.6. The number of nitrogens with zero attached hydrogens (tertiary/aromatic N) is 1. The molecule has 0 bridgehead atoms. The summed E-state index contributed by atoms with van der Waals surface area (Å²) < 4.78 is 40.2. The van der Waals surface area contributed by atoms with Crippen molar-refractivity contribution in [2.75, 3.05) is 0 Å². The molecule has 2 N–H and O–H groups in total. The zero-order valence-electron chi connectivity index (χ0n) is 12.8. The highest BCUT2D eigenvalue weighted by molar-refractivity contribution is 7.13. The SMILES string of the molecule is CC(NC(=O)Cc1csc(-c2ccc(OC(F)(F)F)cc2)n1)C(=O)O. The van der Waals surface area contributed by atoms with Crippen LogP contribution in [0.1, 0.15) is 12.6 Å². The Morgan fingerprint density at radius 1 is 1.32 bits per heavy atom. The first-order valence-corrected chi connectivity index (χ1v) is 7.85. The molecule has 0 saturated carbocycles. The van der Waals surface area contributed by atoms with Crippen LogP contribution in [0, 0.1) is 0 Å². The number of thiazole rings is 1. The van der Waals surface area contributed by atoms with Crippen LogP contribution in [0.3, 0.4) is 0 Å². The number of aromatic nitrogens is 1. The molecule has 2 rings (SSSR count). The Kier molecular flexibility index (Phi) is 5.62. The number of hydrogen-bond donors (Lipinski definition) is 2. The zero-order valence-corrected chi connectivity index (χ0v) is 13.6. The molecule has 1 heterocycles. The number of halogens is 3. The highest BCUT2D eigenvalue weighted by Gasteiger charge is 2.31. The summed E-state index contributed by atoms with van der Waals surface area (Å²) in [5.74, 6) is -1.97. The number of amides is 1. The Bertz CT molecular complexity index is 759. The largest absolute Gasteiger partial charge is 0.573 e. The van der Waals surface area contributed by atoms with E-state index in [0.717, 1.165) is 0 Å². The van der Waals surface area contributed by atoms with Gasteiger partial charge in [0.05, 0.1) is 12.1 Å². The molecule has 1 amide bonds. The van der Waals surface area contributed by atoms with Gasteiger partial charge in [0.1, 0.15) is 16.8 Å². The number of benzene rings is 1. The number of aliphatic carboxylic acids is 1. The second-order valence-electron chi connectivity index (χ2n) is 5.02. The van der Waals surface area contributed by atoms with Crippen molar-refractivity contribution in [3.8, 4) is 16.3 Å². The molecule has 0 spiro atoms. The van der Waals surface area contributed by atoms with Gasteiger partial charge in [0.25, 0.3) is 0 Å². The van der Waals surface area contributed by atoms with Gasteiger partial charge in [-0.15, -0.1) is 24.5 Å². The van der Waals surface area contributed by atoms with Crippen LogP contribution in [0.15, 0.2) is 29.6 Å². The van der Waals surface area contributed by atoms with Crippen molar-refractivity contribution < 1.29 is 32.6 Å². The van der Waals surface area contributed by atoms with E-state index in [1.54, 1.807) is 5.38 Å². The summed E-state index contributed by atoms with van der Waals surface area (Å²) in [6, 6.07) is 4.19. The second-order valence-corrected chi connectivity index (χ2v) is 5.88. The molecule has 1 aromatic carbocycles. The topological polar surface area (TPSA) is 88.5 Å². The summed E-state index contributed by atoms with van der Waals surface area (Å²) in [7, 11) is 0. The van der Waals surface area contributed by atoms with Crippen LogP contribution in [0.4, 0.5) is 13.2 Å². The number of hydrogen-bond acceptors (Lipinski definition) is 5. The number of ether oxygens (including phenoxy) is 1. The Morgan fingerprint density at radius 3 is 2.52 bits per heavy atom. The van der Waals surface area contributed by atoms with Gasteiger partial charge in [-0.05, 0) is 31.2 Å². The first-order valence-electron chi connectivity index (χ1n) is 6.97. The fourth-order valence-corrected chi connectivity index (χ4v) is 2.66. The van der Waals surface area contributed by atoms with E-state index in [2.05, 4.69) is 15.0 Å². The van der Waals surface area contributed by atoms with Crippen LogP contribution in [-0.2, 0) is 16.0 Å². The second kappa shape index (κ2) is 7.51. The molecular formula is C15H13F3N2O4S. The summed E-state index contributed by atoms with van der Waals surface area (Å²) >= 11 is 1.22. The first-order chi connectivity index (χ1) is 11.6.